The van der Waals surface area contributed by atoms with E-state index in [0.29, 0.717) is 16.1 Å². The lowest BCUT2D eigenvalue weighted by molar-refractivity contribution is -0.136. The molecule has 0 aliphatic heterocycles. The largest absolute Gasteiger partial charge is 0.417 e. The Labute approximate surface area is 168 Å². The van der Waals surface area contributed by atoms with Crippen molar-refractivity contribution < 1.29 is 22.8 Å². The normalized spacial score (nSPS) is 14.1. The van der Waals surface area contributed by atoms with E-state index in [0.717, 1.165) is 35.8 Å². The average Bonchev–Trinajstić information content (AvgIpc) is 3.41. The molecule has 29 heavy (non-hydrogen) atoms. The number of anilines is 2. The predicted octanol–water partition coefficient (Wildman–Crippen LogP) is 5.83. The molecule has 0 radical (unpaired) electrons. The summed E-state index contributed by atoms with van der Waals surface area (Å²) in [6.07, 6.45) is -2.72. The lowest BCUT2D eigenvalue weighted by Crippen LogP contribution is -2.15. The molecule has 1 aromatic heterocycles. The zero-order valence-electron chi connectivity index (χ0n) is 15.4. The summed E-state index contributed by atoms with van der Waals surface area (Å²) in [5, 5.41) is 5.57. The van der Waals surface area contributed by atoms with E-state index in [1.54, 1.807) is 31.2 Å². The minimum Gasteiger partial charge on any atom is -0.326 e. The number of aryl methyl sites for hydroxylation is 1. The molecule has 1 aliphatic carbocycles. The fourth-order valence-electron chi connectivity index (χ4n) is 3.03. The van der Waals surface area contributed by atoms with Gasteiger partial charge in [0.15, 0.2) is 0 Å². The molecule has 4 rings (SSSR count). The van der Waals surface area contributed by atoms with E-state index in [2.05, 4.69) is 10.6 Å². The van der Waals surface area contributed by atoms with Crippen LogP contribution in [0.5, 0.6) is 0 Å². The van der Waals surface area contributed by atoms with Gasteiger partial charge in [-0.3, -0.25) is 9.59 Å². The topological polar surface area (TPSA) is 58.2 Å². The molecule has 0 saturated heterocycles. The van der Waals surface area contributed by atoms with Crippen LogP contribution in [0.25, 0.3) is 10.1 Å². The number of benzene rings is 2. The van der Waals surface area contributed by atoms with Crippen LogP contribution in [0.1, 0.15) is 33.6 Å². The van der Waals surface area contributed by atoms with E-state index in [4.69, 9.17) is 0 Å². The fraction of sp³-hybridized carbons (Fsp3) is 0.238. The van der Waals surface area contributed by atoms with Gasteiger partial charge in [-0.2, -0.15) is 13.2 Å². The average molecular weight is 418 g/mol. The fourth-order valence-corrected chi connectivity index (χ4v) is 4.01. The van der Waals surface area contributed by atoms with Crippen LogP contribution in [0.4, 0.5) is 24.5 Å². The van der Waals surface area contributed by atoms with Gasteiger partial charge in [0.2, 0.25) is 5.91 Å². The Bertz CT molecular complexity index is 1120. The zero-order valence-corrected chi connectivity index (χ0v) is 16.2. The second kappa shape index (κ2) is 7.18. The van der Waals surface area contributed by atoms with Crippen LogP contribution in [0.15, 0.2) is 42.5 Å². The van der Waals surface area contributed by atoms with Crippen LogP contribution in [0.2, 0.25) is 0 Å². The molecule has 0 bridgehead atoms. The van der Waals surface area contributed by atoms with Crippen molar-refractivity contribution in [1.29, 1.82) is 0 Å². The number of halogens is 3. The van der Waals surface area contributed by atoms with Crippen LogP contribution < -0.4 is 10.6 Å². The number of alkyl halides is 3. The Morgan fingerprint density at radius 2 is 1.83 bits per heavy atom. The highest BCUT2D eigenvalue weighted by Gasteiger charge is 2.33. The Morgan fingerprint density at radius 3 is 2.52 bits per heavy atom. The highest BCUT2D eigenvalue weighted by molar-refractivity contribution is 7.21. The van der Waals surface area contributed by atoms with Crippen molar-refractivity contribution in [2.24, 2.45) is 5.92 Å². The number of hydrogen-bond acceptors (Lipinski definition) is 3. The number of amides is 2. The summed E-state index contributed by atoms with van der Waals surface area (Å²) in [4.78, 5) is 24.8. The van der Waals surface area contributed by atoms with Gasteiger partial charge in [-0.05, 0) is 55.7 Å². The molecule has 150 valence electrons. The number of hydrogen-bond donors (Lipinski definition) is 2. The Kier molecular flexibility index (Phi) is 4.82. The molecule has 0 atom stereocenters. The third-order valence-corrected chi connectivity index (χ3v) is 5.89. The maximum atomic E-state index is 13.2. The van der Waals surface area contributed by atoms with E-state index < -0.39 is 17.6 Å². The van der Waals surface area contributed by atoms with Crippen molar-refractivity contribution in [2.45, 2.75) is 25.9 Å². The number of fused-ring (bicyclic) bond motifs is 1. The molecule has 2 N–H and O–H groups in total. The van der Waals surface area contributed by atoms with Crippen molar-refractivity contribution in [1.82, 2.24) is 0 Å². The Morgan fingerprint density at radius 1 is 1.07 bits per heavy atom. The van der Waals surface area contributed by atoms with E-state index in [9.17, 15) is 22.8 Å². The molecule has 0 unspecified atom stereocenters. The maximum absolute atomic E-state index is 13.2. The Balaban J connectivity index is 1.58. The second-order valence-corrected chi connectivity index (χ2v) is 8.16. The number of nitrogens with one attached hydrogen (secondary N) is 2. The third-order valence-electron chi connectivity index (χ3n) is 4.79. The summed E-state index contributed by atoms with van der Waals surface area (Å²) in [7, 11) is 0. The quantitative estimate of drug-likeness (QED) is 0.560. The van der Waals surface area contributed by atoms with Crippen LogP contribution in [0, 0.1) is 12.8 Å². The van der Waals surface area contributed by atoms with Crippen molar-refractivity contribution in [3.63, 3.8) is 0 Å². The van der Waals surface area contributed by atoms with Crippen LogP contribution in [-0.2, 0) is 11.0 Å². The first-order chi connectivity index (χ1) is 13.7. The molecule has 1 saturated carbocycles. The van der Waals surface area contributed by atoms with Crippen LogP contribution in [-0.4, -0.2) is 11.8 Å². The van der Waals surface area contributed by atoms with Gasteiger partial charge in [0.1, 0.15) is 0 Å². The summed E-state index contributed by atoms with van der Waals surface area (Å²) in [6, 6.07) is 10.3. The molecule has 0 spiro atoms. The van der Waals surface area contributed by atoms with Gasteiger partial charge < -0.3 is 10.6 Å². The lowest BCUT2D eigenvalue weighted by Gasteiger charge is -2.11. The zero-order chi connectivity index (χ0) is 20.8. The van der Waals surface area contributed by atoms with Gasteiger partial charge in [-0.15, -0.1) is 11.3 Å². The molecule has 2 aromatic carbocycles. The molecule has 1 fully saturated rings. The SMILES string of the molecule is Cc1ccc(NC(=O)C2CC2)cc1NC(=O)c1cc2c(C(F)(F)F)cccc2s1. The first kappa shape index (κ1) is 19.4. The van der Waals surface area contributed by atoms with Gasteiger partial charge in [0.25, 0.3) is 5.91 Å². The van der Waals surface area contributed by atoms with Gasteiger partial charge in [0, 0.05) is 27.4 Å². The number of carbonyl (C=O) groups is 2. The highest BCUT2D eigenvalue weighted by Crippen LogP contribution is 2.38. The number of thiophene rings is 1. The molecule has 2 amide bonds. The Hall–Kier alpha value is -2.87. The first-order valence-corrected chi connectivity index (χ1v) is 9.86. The maximum Gasteiger partial charge on any atom is 0.417 e. The molecule has 8 heteroatoms. The summed E-state index contributed by atoms with van der Waals surface area (Å²) in [5.74, 6) is -0.487. The minimum atomic E-state index is -4.49. The van der Waals surface area contributed by atoms with Gasteiger partial charge in [-0.1, -0.05) is 12.1 Å². The van der Waals surface area contributed by atoms with E-state index in [1.807, 2.05) is 0 Å². The van der Waals surface area contributed by atoms with Gasteiger partial charge in [-0.25, -0.2) is 0 Å². The summed E-state index contributed by atoms with van der Waals surface area (Å²) < 4.78 is 40.0. The van der Waals surface area contributed by atoms with Crippen molar-refractivity contribution in [3.05, 3.63) is 58.5 Å². The predicted molar refractivity (Wildman–Crippen MR) is 107 cm³/mol. The van der Waals surface area contributed by atoms with E-state index in [1.165, 1.54) is 12.1 Å². The van der Waals surface area contributed by atoms with Gasteiger partial charge >= 0.3 is 6.18 Å². The van der Waals surface area contributed by atoms with Crippen molar-refractivity contribution in [3.8, 4) is 0 Å². The summed E-state index contributed by atoms with van der Waals surface area (Å²) in [5.41, 5.74) is 1.08. The summed E-state index contributed by atoms with van der Waals surface area (Å²) in [6.45, 7) is 1.80. The molecular weight excluding hydrogens is 401 g/mol. The second-order valence-electron chi connectivity index (χ2n) is 7.07. The number of rotatable bonds is 4. The molecular formula is C21H17F3N2O2S. The first-order valence-electron chi connectivity index (χ1n) is 9.05. The number of carbonyl (C=O) groups excluding carboxylic acids is 2. The summed E-state index contributed by atoms with van der Waals surface area (Å²) >= 11 is 1.01. The molecule has 3 aromatic rings. The van der Waals surface area contributed by atoms with Crippen molar-refractivity contribution in [2.75, 3.05) is 10.6 Å². The van der Waals surface area contributed by atoms with E-state index >= 15 is 0 Å². The van der Waals surface area contributed by atoms with Crippen molar-refractivity contribution >= 4 is 44.6 Å². The van der Waals surface area contributed by atoms with E-state index in [-0.39, 0.29) is 22.1 Å². The van der Waals surface area contributed by atoms with Gasteiger partial charge in [0.05, 0.1) is 10.4 Å². The molecule has 4 nitrogen and oxygen atoms in total. The lowest BCUT2D eigenvalue weighted by atomic mass is 10.1. The standard InChI is InChI=1S/C21H17F3N2O2S/c1-11-5-8-13(25-19(27)12-6-7-12)9-16(11)26-20(28)18-10-14-15(21(22,23)24)3-2-4-17(14)29-18/h2-5,8-10,12H,6-7H2,1H3,(H,25,27)(H,26,28). The third kappa shape index (κ3) is 4.12. The highest BCUT2D eigenvalue weighted by atomic mass is 32.1. The minimum absolute atomic E-state index is 0.0114. The van der Waals surface area contributed by atoms with Crippen LogP contribution >= 0.6 is 11.3 Å². The molecule has 1 aliphatic rings. The monoisotopic (exact) mass is 418 g/mol. The smallest absolute Gasteiger partial charge is 0.326 e. The molecule has 1 heterocycles. The van der Waals surface area contributed by atoms with Crippen LogP contribution in [0.3, 0.4) is 0 Å².